The lowest BCUT2D eigenvalue weighted by atomic mass is 9.97. The zero-order valence-electron chi connectivity index (χ0n) is 11.2. The first-order valence-electron chi connectivity index (χ1n) is 6.85. The minimum absolute atomic E-state index is 0.213. The van der Waals surface area contributed by atoms with Crippen LogP contribution >= 0.6 is 11.6 Å². The van der Waals surface area contributed by atoms with Gasteiger partial charge in [0.2, 0.25) is 17.2 Å². The lowest BCUT2D eigenvalue weighted by Gasteiger charge is -2.13. The van der Waals surface area contributed by atoms with Crippen molar-refractivity contribution in [3.05, 3.63) is 16.9 Å². The molecular weight excluding hydrogens is 262 g/mol. The Morgan fingerprint density at radius 2 is 1.95 bits per heavy atom. The SMILES string of the molecule is CCNc1nc(Cl)nc(NCCC2=CCCCC2)n1. The Balaban J connectivity index is 1.86. The molecule has 1 aliphatic carbocycles. The third kappa shape index (κ3) is 4.67. The van der Waals surface area contributed by atoms with Gasteiger partial charge in [-0.2, -0.15) is 15.0 Å². The van der Waals surface area contributed by atoms with Crippen molar-refractivity contribution in [2.45, 2.75) is 39.0 Å². The number of nitrogens with one attached hydrogen (secondary N) is 2. The molecule has 0 radical (unpaired) electrons. The van der Waals surface area contributed by atoms with Crippen molar-refractivity contribution in [2.24, 2.45) is 0 Å². The molecule has 2 N–H and O–H groups in total. The third-order valence-corrected chi connectivity index (χ3v) is 3.23. The van der Waals surface area contributed by atoms with E-state index < -0.39 is 0 Å². The molecule has 0 saturated carbocycles. The smallest absolute Gasteiger partial charge is 0.228 e. The molecule has 2 rings (SSSR count). The Labute approximate surface area is 118 Å². The molecule has 0 unspecified atom stereocenters. The van der Waals surface area contributed by atoms with Crippen molar-refractivity contribution in [3.63, 3.8) is 0 Å². The van der Waals surface area contributed by atoms with Gasteiger partial charge in [-0.15, -0.1) is 0 Å². The normalized spacial score (nSPS) is 14.9. The molecule has 6 heteroatoms. The highest BCUT2D eigenvalue weighted by Crippen LogP contribution is 2.20. The van der Waals surface area contributed by atoms with E-state index in [9.17, 15) is 0 Å². The number of allylic oxidation sites excluding steroid dienone is 1. The van der Waals surface area contributed by atoms with Gasteiger partial charge in [-0.1, -0.05) is 11.6 Å². The second-order valence-electron chi connectivity index (χ2n) is 4.57. The molecule has 0 fully saturated rings. The van der Waals surface area contributed by atoms with E-state index in [-0.39, 0.29) is 5.28 Å². The van der Waals surface area contributed by atoms with Crippen LogP contribution in [0.1, 0.15) is 39.0 Å². The zero-order valence-corrected chi connectivity index (χ0v) is 12.0. The molecule has 0 atom stereocenters. The fourth-order valence-electron chi connectivity index (χ4n) is 2.13. The molecule has 1 aliphatic rings. The van der Waals surface area contributed by atoms with Crippen molar-refractivity contribution in [3.8, 4) is 0 Å². The van der Waals surface area contributed by atoms with Crippen molar-refractivity contribution < 1.29 is 0 Å². The summed E-state index contributed by atoms with van der Waals surface area (Å²) in [5, 5.41) is 6.45. The van der Waals surface area contributed by atoms with Crippen LogP contribution in [0.4, 0.5) is 11.9 Å². The second kappa shape index (κ2) is 7.28. The van der Waals surface area contributed by atoms with E-state index >= 15 is 0 Å². The fourth-order valence-corrected chi connectivity index (χ4v) is 2.29. The molecule has 0 aromatic carbocycles. The van der Waals surface area contributed by atoms with E-state index in [4.69, 9.17) is 11.6 Å². The van der Waals surface area contributed by atoms with Gasteiger partial charge in [-0.3, -0.25) is 0 Å². The van der Waals surface area contributed by atoms with E-state index in [0.717, 1.165) is 19.5 Å². The van der Waals surface area contributed by atoms with Gasteiger partial charge >= 0.3 is 0 Å². The molecule has 0 amide bonds. The van der Waals surface area contributed by atoms with E-state index in [2.05, 4.69) is 31.7 Å². The molecule has 0 aliphatic heterocycles. The van der Waals surface area contributed by atoms with Gasteiger partial charge in [0.15, 0.2) is 0 Å². The fraction of sp³-hybridized carbons (Fsp3) is 0.615. The second-order valence-corrected chi connectivity index (χ2v) is 4.90. The summed E-state index contributed by atoms with van der Waals surface area (Å²) in [7, 11) is 0. The van der Waals surface area contributed by atoms with Gasteiger partial charge in [0.25, 0.3) is 0 Å². The summed E-state index contributed by atoms with van der Waals surface area (Å²) in [4.78, 5) is 12.3. The molecule has 1 heterocycles. The monoisotopic (exact) mass is 281 g/mol. The van der Waals surface area contributed by atoms with Crippen LogP contribution in [0.15, 0.2) is 11.6 Å². The highest BCUT2D eigenvalue weighted by Gasteiger charge is 2.06. The van der Waals surface area contributed by atoms with E-state index in [1.54, 1.807) is 0 Å². The first kappa shape index (κ1) is 14.1. The Morgan fingerprint density at radius 3 is 2.63 bits per heavy atom. The zero-order chi connectivity index (χ0) is 13.5. The Hall–Kier alpha value is -1.36. The van der Waals surface area contributed by atoms with Crippen molar-refractivity contribution in [1.29, 1.82) is 0 Å². The summed E-state index contributed by atoms with van der Waals surface area (Å²) >= 11 is 5.86. The average Bonchev–Trinajstić information content (AvgIpc) is 2.40. The number of hydrogen-bond donors (Lipinski definition) is 2. The summed E-state index contributed by atoms with van der Waals surface area (Å²) in [6.07, 6.45) is 8.48. The van der Waals surface area contributed by atoms with Crippen molar-refractivity contribution in [1.82, 2.24) is 15.0 Å². The van der Waals surface area contributed by atoms with Gasteiger partial charge in [-0.05, 0) is 50.6 Å². The van der Waals surface area contributed by atoms with Crippen molar-refractivity contribution >= 4 is 23.5 Å². The first-order valence-corrected chi connectivity index (χ1v) is 7.23. The summed E-state index contributed by atoms with van der Waals surface area (Å²) in [5.74, 6) is 1.05. The highest BCUT2D eigenvalue weighted by atomic mass is 35.5. The van der Waals surface area contributed by atoms with E-state index in [1.165, 1.54) is 31.3 Å². The number of hydrogen-bond acceptors (Lipinski definition) is 5. The highest BCUT2D eigenvalue weighted by molar-refractivity contribution is 6.28. The van der Waals surface area contributed by atoms with E-state index in [0.29, 0.717) is 11.9 Å². The van der Waals surface area contributed by atoms with Gasteiger partial charge < -0.3 is 10.6 Å². The van der Waals surface area contributed by atoms with Crippen LogP contribution in [0.25, 0.3) is 0 Å². The van der Waals surface area contributed by atoms with Crippen LogP contribution in [-0.4, -0.2) is 28.0 Å². The molecule has 0 spiro atoms. The van der Waals surface area contributed by atoms with Crippen LogP contribution in [0.2, 0.25) is 5.28 Å². The third-order valence-electron chi connectivity index (χ3n) is 3.06. The molecule has 1 aromatic heterocycles. The maximum Gasteiger partial charge on any atom is 0.228 e. The Kier molecular flexibility index (Phi) is 5.39. The van der Waals surface area contributed by atoms with Gasteiger partial charge in [-0.25, -0.2) is 0 Å². The average molecular weight is 282 g/mol. The maximum absolute atomic E-state index is 5.86. The van der Waals surface area contributed by atoms with Crippen LogP contribution < -0.4 is 10.6 Å². The van der Waals surface area contributed by atoms with Crippen molar-refractivity contribution in [2.75, 3.05) is 23.7 Å². The molecule has 104 valence electrons. The van der Waals surface area contributed by atoms with Gasteiger partial charge in [0.05, 0.1) is 0 Å². The van der Waals surface area contributed by atoms with Crippen LogP contribution in [0.3, 0.4) is 0 Å². The molecular formula is C13H20ClN5. The van der Waals surface area contributed by atoms with Gasteiger partial charge in [0, 0.05) is 13.1 Å². The lowest BCUT2D eigenvalue weighted by Crippen LogP contribution is -2.10. The van der Waals surface area contributed by atoms with Crippen LogP contribution in [0, 0.1) is 0 Å². The molecule has 0 saturated heterocycles. The van der Waals surface area contributed by atoms with E-state index in [1.807, 2.05) is 6.92 Å². The summed E-state index contributed by atoms with van der Waals surface area (Å²) in [5.41, 5.74) is 1.53. The maximum atomic E-state index is 5.86. The molecule has 19 heavy (non-hydrogen) atoms. The largest absolute Gasteiger partial charge is 0.354 e. The quantitative estimate of drug-likeness (QED) is 0.784. The molecule has 0 bridgehead atoms. The lowest BCUT2D eigenvalue weighted by molar-refractivity contribution is 0.679. The summed E-state index contributed by atoms with van der Waals surface area (Å²) in [6, 6.07) is 0. The predicted octanol–water partition coefficient (Wildman–Crippen LogP) is 3.26. The molecule has 5 nitrogen and oxygen atoms in total. The number of aromatic nitrogens is 3. The first-order chi connectivity index (χ1) is 9.28. The number of rotatable bonds is 6. The summed E-state index contributed by atoms with van der Waals surface area (Å²) in [6.45, 7) is 3.57. The Morgan fingerprint density at radius 1 is 1.16 bits per heavy atom. The predicted molar refractivity (Wildman–Crippen MR) is 78.7 cm³/mol. The number of anilines is 2. The molecule has 1 aromatic rings. The summed E-state index contributed by atoms with van der Waals surface area (Å²) < 4.78 is 0. The van der Waals surface area contributed by atoms with Crippen LogP contribution in [0.5, 0.6) is 0 Å². The topological polar surface area (TPSA) is 62.7 Å². The number of halogens is 1. The Bertz CT molecular complexity index is 447. The number of nitrogens with zero attached hydrogens (tertiary/aromatic N) is 3. The standard InChI is InChI=1S/C13H20ClN5/c1-2-15-12-17-11(14)18-13(19-12)16-9-8-10-6-4-3-5-7-10/h6H,2-5,7-9H2,1H3,(H2,15,16,17,18,19). The minimum Gasteiger partial charge on any atom is -0.354 e. The minimum atomic E-state index is 0.213. The van der Waals surface area contributed by atoms with Gasteiger partial charge in [0.1, 0.15) is 0 Å². The van der Waals surface area contributed by atoms with Crippen LogP contribution in [-0.2, 0) is 0 Å².